The van der Waals surface area contributed by atoms with E-state index in [0.717, 1.165) is 5.06 Å². The monoisotopic (exact) mass is 198 g/mol. The van der Waals surface area contributed by atoms with E-state index in [1.165, 1.54) is 7.05 Å². The third kappa shape index (κ3) is 5.16. The Hall–Kier alpha value is -0.540. The topological polar surface area (TPSA) is 113 Å². The molecule has 0 bridgehead atoms. The summed E-state index contributed by atoms with van der Waals surface area (Å²) in [5.41, 5.74) is 5.09. The summed E-state index contributed by atoms with van der Waals surface area (Å²) >= 11 is -2.45. The number of likely N-dealkylation sites (N-methyl/N-ethyl adjacent to an activating group) is 1. The Labute approximate surface area is 71.5 Å². The van der Waals surface area contributed by atoms with Gasteiger partial charge in [-0.2, -0.15) is 13.6 Å². The molecule has 0 aliphatic rings. The lowest BCUT2D eigenvalue weighted by Crippen LogP contribution is -2.41. The summed E-state index contributed by atoms with van der Waals surface area (Å²) in [6.45, 7) is -0.165. The minimum absolute atomic E-state index is 0.165. The SMILES string of the molecule is CN(C[C@H](N)C(=O)O)OS(=O)O. The molecule has 0 spiro atoms. The second kappa shape index (κ2) is 5.17. The first kappa shape index (κ1) is 11.5. The van der Waals surface area contributed by atoms with Crippen LogP contribution in [0.15, 0.2) is 0 Å². The van der Waals surface area contributed by atoms with Crippen LogP contribution in [0.2, 0.25) is 0 Å². The Morgan fingerprint density at radius 2 is 2.33 bits per heavy atom. The maximum Gasteiger partial charge on any atom is 0.321 e. The average molecular weight is 198 g/mol. The third-order valence-corrected chi connectivity index (χ3v) is 1.34. The standard InChI is InChI=1S/C4H10N2O5S/c1-6(11-12(9)10)2-3(5)4(7)8/h3H,2,5H2,1H3,(H,7,8)(H,9,10)/t3-/m0/s1. The molecule has 72 valence electrons. The van der Waals surface area contributed by atoms with E-state index in [1.54, 1.807) is 0 Å². The summed E-state index contributed by atoms with van der Waals surface area (Å²) in [6.07, 6.45) is 0. The Morgan fingerprint density at radius 3 is 2.67 bits per heavy atom. The molecule has 0 amide bonds. The van der Waals surface area contributed by atoms with Crippen molar-refractivity contribution in [3.63, 3.8) is 0 Å². The van der Waals surface area contributed by atoms with E-state index in [0.29, 0.717) is 0 Å². The first-order valence-corrected chi connectivity index (χ1v) is 3.95. The van der Waals surface area contributed by atoms with Gasteiger partial charge in [-0.1, -0.05) is 0 Å². The van der Waals surface area contributed by atoms with E-state index in [9.17, 15) is 9.00 Å². The number of nitrogens with zero attached hydrogens (tertiary/aromatic N) is 1. The Morgan fingerprint density at radius 1 is 1.83 bits per heavy atom. The Kier molecular flexibility index (Phi) is 4.93. The molecular weight excluding hydrogens is 188 g/mol. The smallest absolute Gasteiger partial charge is 0.321 e. The summed E-state index contributed by atoms with van der Waals surface area (Å²) in [7, 11) is 1.30. The van der Waals surface area contributed by atoms with E-state index in [2.05, 4.69) is 4.28 Å². The van der Waals surface area contributed by atoms with Crippen LogP contribution in [0.25, 0.3) is 0 Å². The van der Waals surface area contributed by atoms with Gasteiger partial charge >= 0.3 is 17.3 Å². The van der Waals surface area contributed by atoms with Crippen LogP contribution >= 0.6 is 0 Å². The molecule has 1 unspecified atom stereocenters. The number of nitrogens with two attached hydrogens (primary N) is 1. The van der Waals surface area contributed by atoms with Crippen molar-refractivity contribution in [1.82, 2.24) is 5.06 Å². The first-order chi connectivity index (χ1) is 5.43. The second-order valence-electron chi connectivity index (χ2n) is 2.05. The zero-order valence-electron chi connectivity index (χ0n) is 6.34. The van der Waals surface area contributed by atoms with Crippen molar-refractivity contribution in [1.29, 1.82) is 0 Å². The highest BCUT2D eigenvalue weighted by Gasteiger charge is 2.15. The van der Waals surface area contributed by atoms with E-state index in [1.807, 2.05) is 0 Å². The molecular formula is C4H10N2O5S. The van der Waals surface area contributed by atoms with Crippen molar-refractivity contribution in [2.45, 2.75) is 6.04 Å². The molecule has 0 heterocycles. The molecule has 7 nitrogen and oxygen atoms in total. The molecule has 8 heteroatoms. The molecule has 0 saturated carbocycles. The molecule has 0 radical (unpaired) electrons. The van der Waals surface area contributed by atoms with E-state index in [4.69, 9.17) is 15.4 Å². The van der Waals surface area contributed by atoms with Gasteiger partial charge in [-0.05, 0) is 0 Å². The predicted molar refractivity (Wildman–Crippen MR) is 40.1 cm³/mol. The summed E-state index contributed by atoms with van der Waals surface area (Å²) in [5.74, 6) is -1.20. The Bertz CT molecular complexity index is 186. The van der Waals surface area contributed by atoms with Crippen LogP contribution in [0.4, 0.5) is 0 Å². The van der Waals surface area contributed by atoms with Gasteiger partial charge in [0.2, 0.25) is 0 Å². The van der Waals surface area contributed by atoms with Gasteiger partial charge in [0.25, 0.3) is 0 Å². The number of hydroxylamine groups is 2. The highest BCUT2D eigenvalue weighted by Crippen LogP contribution is 1.90. The molecule has 0 aliphatic carbocycles. The quantitative estimate of drug-likeness (QED) is 0.360. The van der Waals surface area contributed by atoms with Gasteiger partial charge < -0.3 is 10.8 Å². The lowest BCUT2D eigenvalue weighted by Gasteiger charge is -2.14. The second-order valence-corrected chi connectivity index (χ2v) is 2.63. The molecule has 0 rings (SSSR count). The first-order valence-electron chi connectivity index (χ1n) is 2.92. The average Bonchev–Trinajstić information content (AvgIpc) is 1.84. The molecule has 4 N–H and O–H groups in total. The number of carboxylic acid groups (broad SMARTS) is 1. The molecule has 12 heavy (non-hydrogen) atoms. The minimum Gasteiger partial charge on any atom is -0.480 e. The molecule has 0 saturated heterocycles. The maximum atomic E-state index is 10.2. The third-order valence-electron chi connectivity index (χ3n) is 0.962. The fourth-order valence-electron chi connectivity index (χ4n) is 0.494. The van der Waals surface area contributed by atoms with Gasteiger partial charge in [0.15, 0.2) is 0 Å². The lowest BCUT2D eigenvalue weighted by molar-refractivity contribution is -0.141. The van der Waals surface area contributed by atoms with Crippen molar-refractivity contribution in [2.75, 3.05) is 13.6 Å². The van der Waals surface area contributed by atoms with Crippen LogP contribution in [-0.4, -0.2) is 44.5 Å². The molecule has 0 aromatic rings. The largest absolute Gasteiger partial charge is 0.480 e. The van der Waals surface area contributed by atoms with Crippen molar-refractivity contribution in [2.24, 2.45) is 5.73 Å². The lowest BCUT2D eigenvalue weighted by atomic mass is 10.3. The van der Waals surface area contributed by atoms with E-state index >= 15 is 0 Å². The number of hydrogen-bond donors (Lipinski definition) is 3. The zero-order valence-corrected chi connectivity index (χ0v) is 7.15. The fraction of sp³-hybridized carbons (Fsp3) is 0.750. The molecule has 0 aromatic carbocycles. The van der Waals surface area contributed by atoms with E-state index in [-0.39, 0.29) is 6.54 Å². The van der Waals surface area contributed by atoms with Crippen molar-refractivity contribution in [3.8, 4) is 0 Å². The van der Waals surface area contributed by atoms with E-state index < -0.39 is 23.4 Å². The van der Waals surface area contributed by atoms with Crippen LogP contribution in [0.1, 0.15) is 0 Å². The highest BCUT2D eigenvalue weighted by atomic mass is 32.2. The minimum atomic E-state index is -2.45. The van der Waals surface area contributed by atoms with Crippen molar-refractivity contribution < 1.29 is 22.9 Å². The highest BCUT2D eigenvalue weighted by molar-refractivity contribution is 7.74. The summed E-state index contributed by atoms with van der Waals surface area (Å²) in [4.78, 5) is 10.2. The normalized spacial score (nSPS) is 16.0. The van der Waals surface area contributed by atoms with Gasteiger partial charge in [-0.25, -0.2) is 0 Å². The van der Waals surface area contributed by atoms with Gasteiger partial charge in [0.05, 0.1) is 6.54 Å². The zero-order chi connectivity index (χ0) is 9.72. The number of rotatable bonds is 5. The van der Waals surface area contributed by atoms with Gasteiger partial charge in [0.1, 0.15) is 6.04 Å². The summed E-state index contributed by atoms with van der Waals surface area (Å²) in [6, 6.07) is -1.14. The van der Waals surface area contributed by atoms with Crippen molar-refractivity contribution >= 4 is 17.3 Å². The van der Waals surface area contributed by atoms with Crippen LogP contribution in [0.5, 0.6) is 0 Å². The number of aliphatic carboxylic acids is 1. The molecule has 2 atom stereocenters. The van der Waals surface area contributed by atoms with Crippen LogP contribution < -0.4 is 5.73 Å². The van der Waals surface area contributed by atoms with Crippen LogP contribution in [0.3, 0.4) is 0 Å². The maximum absolute atomic E-state index is 10.2. The number of hydrogen-bond acceptors (Lipinski definition) is 5. The summed E-state index contributed by atoms with van der Waals surface area (Å²) in [5, 5.41) is 9.20. The number of carbonyl (C=O) groups is 1. The summed E-state index contributed by atoms with van der Waals surface area (Å²) < 4.78 is 22.4. The molecule has 0 aliphatic heterocycles. The predicted octanol–water partition coefficient (Wildman–Crippen LogP) is -1.60. The van der Waals surface area contributed by atoms with Crippen LogP contribution in [-0.2, 0) is 20.4 Å². The van der Waals surface area contributed by atoms with Gasteiger partial charge in [0, 0.05) is 7.05 Å². The molecule has 0 fully saturated rings. The van der Waals surface area contributed by atoms with Gasteiger partial charge in [-0.3, -0.25) is 9.35 Å². The van der Waals surface area contributed by atoms with Crippen LogP contribution in [0, 0.1) is 0 Å². The fourth-order valence-corrected chi connectivity index (χ4v) is 0.773. The molecule has 0 aromatic heterocycles. The number of carboxylic acids is 1. The Balaban J connectivity index is 3.76. The van der Waals surface area contributed by atoms with Gasteiger partial charge in [-0.15, -0.1) is 0 Å². The van der Waals surface area contributed by atoms with Crippen molar-refractivity contribution in [3.05, 3.63) is 0 Å².